The zero-order valence-electron chi connectivity index (χ0n) is 8.64. The van der Waals surface area contributed by atoms with Gasteiger partial charge in [0.25, 0.3) is 0 Å². The van der Waals surface area contributed by atoms with Gasteiger partial charge in [0.05, 0.1) is 5.70 Å². The van der Waals surface area contributed by atoms with E-state index in [1.807, 2.05) is 54.8 Å². The van der Waals surface area contributed by atoms with Crippen LogP contribution in [0.4, 0.5) is 0 Å². The topological polar surface area (TPSA) is 32.3 Å². The lowest BCUT2D eigenvalue weighted by Crippen LogP contribution is -2.11. The van der Waals surface area contributed by atoms with Gasteiger partial charge in [0.15, 0.2) is 0 Å². The van der Waals surface area contributed by atoms with Crippen molar-refractivity contribution in [2.24, 2.45) is 0 Å². The lowest BCUT2D eigenvalue weighted by atomic mass is 10.1. The summed E-state index contributed by atoms with van der Waals surface area (Å²) in [6.07, 6.45) is 9.74. The van der Waals surface area contributed by atoms with Crippen LogP contribution in [0, 0.1) is 0 Å². The number of benzene rings is 1. The van der Waals surface area contributed by atoms with Crippen LogP contribution in [-0.4, -0.2) is 5.11 Å². The number of nitrogens with one attached hydrogen (secondary N) is 1. The van der Waals surface area contributed by atoms with Crippen molar-refractivity contribution in [1.82, 2.24) is 5.32 Å². The Bertz CT molecular complexity index is 562. The van der Waals surface area contributed by atoms with Crippen LogP contribution in [0.2, 0.25) is 0 Å². The van der Waals surface area contributed by atoms with Crippen molar-refractivity contribution in [2.45, 2.75) is 0 Å². The molecular weight excluding hydrogens is 198 g/mol. The van der Waals surface area contributed by atoms with E-state index in [0.717, 1.165) is 22.4 Å². The Morgan fingerprint density at radius 3 is 2.88 bits per heavy atom. The van der Waals surface area contributed by atoms with Crippen molar-refractivity contribution in [1.29, 1.82) is 0 Å². The summed E-state index contributed by atoms with van der Waals surface area (Å²) in [5, 5.41) is 13.3. The van der Waals surface area contributed by atoms with Gasteiger partial charge in [-0.3, -0.25) is 0 Å². The lowest BCUT2D eigenvalue weighted by molar-refractivity contribution is 0.504. The summed E-state index contributed by atoms with van der Waals surface area (Å²) in [6.45, 7) is 0. The van der Waals surface area contributed by atoms with E-state index in [0.29, 0.717) is 5.76 Å². The van der Waals surface area contributed by atoms with Gasteiger partial charge in [-0.05, 0) is 11.6 Å². The Labute approximate surface area is 93.9 Å². The van der Waals surface area contributed by atoms with Crippen LogP contribution in [0.5, 0.6) is 0 Å². The molecule has 0 saturated carbocycles. The Kier molecular flexibility index (Phi) is 1.93. The Morgan fingerprint density at radius 2 is 1.94 bits per heavy atom. The second-order valence-corrected chi connectivity index (χ2v) is 3.77. The second-order valence-electron chi connectivity index (χ2n) is 3.77. The highest BCUT2D eigenvalue weighted by atomic mass is 16.3. The van der Waals surface area contributed by atoms with E-state index in [2.05, 4.69) is 5.32 Å². The van der Waals surface area contributed by atoms with Crippen molar-refractivity contribution in [3.8, 4) is 0 Å². The van der Waals surface area contributed by atoms with Crippen molar-refractivity contribution < 1.29 is 5.11 Å². The molecule has 78 valence electrons. The van der Waals surface area contributed by atoms with Gasteiger partial charge in [-0.1, -0.05) is 42.5 Å². The number of aliphatic hydroxyl groups is 1. The zero-order valence-corrected chi connectivity index (χ0v) is 8.64. The highest BCUT2D eigenvalue weighted by molar-refractivity contribution is 5.79. The van der Waals surface area contributed by atoms with Gasteiger partial charge < -0.3 is 10.4 Å². The van der Waals surface area contributed by atoms with Crippen molar-refractivity contribution in [3.05, 3.63) is 71.1 Å². The monoisotopic (exact) mass is 209 g/mol. The Morgan fingerprint density at radius 1 is 1.06 bits per heavy atom. The van der Waals surface area contributed by atoms with Gasteiger partial charge in [-0.2, -0.15) is 0 Å². The summed E-state index contributed by atoms with van der Waals surface area (Å²) in [5.74, 6) is 0.302. The number of hydrogen-bond donors (Lipinski definition) is 2. The average molecular weight is 209 g/mol. The first kappa shape index (κ1) is 9.04. The molecular formula is C14H11NO. The third kappa shape index (κ3) is 1.27. The number of dihydropyridines is 1. The number of fused-ring (bicyclic) bond motifs is 2. The van der Waals surface area contributed by atoms with Gasteiger partial charge in [0.2, 0.25) is 0 Å². The molecule has 2 aliphatic rings. The molecule has 2 nitrogen and oxygen atoms in total. The van der Waals surface area contributed by atoms with E-state index in [-0.39, 0.29) is 0 Å². The maximum Gasteiger partial charge on any atom is 0.147 e. The molecule has 1 aliphatic carbocycles. The van der Waals surface area contributed by atoms with Crippen molar-refractivity contribution in [3.63, 3.8) is 0 Å². The lowest BCUT2D eigenvalue weighted by Gasteiger charge is -2.13. The first-order valence-corrected chi connectivity index (χ1v) is 5.21. The first-order valence-electron chi connectivity index (χ1n) is 5.21. The summed E-state index contributed by atoms with van der Waals surface area (Å²) < 4.78 is 0. The standard InChI is InChI=1S/C14H11NO/c16-14-12-6-2-1-4-10(12)7-8-11-5-3-9-15-13(11)14/h1-9,15-16H. The summed E-state index contributed by atoms with van der Waals surface area (Å²) >= 11 is 0. The van der Waals surface area contributed by atoms with Gasteiger partial charge >= 0.3 is 0 Å². The molecule has 0 bridgehead atoms. The minimum atomic E-state index is 0.302. The normalized spacial score (nSPS) is 17.1. The van der Waals surface area contributed by atoms with E-state index in [1.54, 1.807) is 0 Å². The molecule has 0 aromatic heterocycles. The fourth-order valence-corrected chi connectivity index (χ4v) is 1.97. The molecule has 1 heterocycles. The van der Waals surface area contributed by atoms with Gasteiger partial charge in [-0.15, -0.1) is 0 Å². The van der Waals surface area contributed by atoms with Crippen LogP contribution in [0.3, 0.4) is 0 Å². The minimum Gasteiger partial charge on any atom is -0.505 e. The second kappa shape index (κ2) is 3.42. The van der Waals surface area contributed by atoms with Gasteiger partial charge in [-0.25, -0.2) is 0 Å². The zero-order chi connectivity index (χ0) is 11.0. The molecule has 0 saturated heterocycles. The summed E-state index contributed by atoms with van der Waals surface area (Å²) in [4.78, 5) is 0. The molecule has 2 N–H and O–H groups in total. The molecule has 2 heteroatoms. The SMILES string of the molecule is OC1=C2NC=CC=C2C=Cc2ccccc21. The van der Waals surface area contributed by atoms with E-state index in [9.17, 15) is 5.11 Å². The van der Waals surface area contributed by atoms with Crippen molar-refractivity contribution in [2.75, 3.05) is 0 Å². The van der Waals surface area contributed by atoms with E-state index in [1.165, 1.54) is 0 Å². The van der Waals surface area contributed by atoms with Crippen LogP contribution < -0.4 is 5.32 Å². The Hall–Kier alpha value is -2.22. The summed E-state index contributed by atoms with van der Waals surface area (Å²) in [7, 11) is 0. The van der Waals surface area contributed by atoms with Gasteiger partial charge in [0, 0.05) is 17.3 Å². The largest absolute Gasteiger partial charge is 0.505 e. The maximum atomic E-state index is 10.2. The molecule has 0 spiro atoms. The van der Waals surface area contributed by atoms with E-state index in [4.69, 9.17) is 0 Å². The van der Waals surface area contributed by atoms with Crippen LogP contribution in [0.15, 0.2) is 60.0 Å². The maximum absolute atomic E-state index is 10.2. The minimum absolute atomic E-state index is 0.302. The van der Waals surface area contributed by atoms with E-state index >= 15 is 0 Å². The smallest absolute Gasteiger partial charge is 0.147 e. The average Bonchev–Trinajstić information content (AvgIpc) is 2.49. The number of rotatable bonds is 0. The molecule has 0 fully saturated rings. The third-order valence-corrected chi connectivity index (χ3v) is 2.78. The number of hydrogen-bond acceptors (Lipinski definition) is 2. The molecule has 3 rings (SSSR count). The van der Waals surface area contributed by atoms with Crippen LogP contribution in [-0.2, 0) is 0 Å². The number of aliphatic hydroxyl groups excluding tert-OH is 1. The fraction of sp³-hybridized carbons (Fsp3) is 0. The molecule has 0 radical (unpaired) electrons. The van der Waals surface area contributed by atoms with Crippen molar-refractivity contribution >= 4 is 11.8 Å². The molecule has 0 amide bonds. The quantitative estimate of drug-likeness (QED) is 0.688. The highest BCUT2D eigenvalue weighted by Gasteiger charge is 2.16. The molecule has 1 aliphatic heterocycles. The van der Waals surface area contributed by atoms with Crippen LogP contribution in [0.25, 0.3) is 11.8 Å². The first-order chi connectivity index (χ1) is 7.86. The number of allylic oxidation sites excluding steroid dienone is 3. The predicted octanol–water partition coefficient (Wildman–Crippen LogP) is 2.98. The van der Waals surface area contributed by atoms with Crippen LogP contribution in [0.1, 0.15) is 11.1 Å². The molecule has 16 heavy (non-hydrogen) atoms. The molecule has 0 atom stereocenters. The molecule has 1 aromatic rings. The summed E-state index contributed by atoms with van der Waals surface area (Å²) in [5.41, 5.74) is 3.66. The summed E-state index contributed by atoms with van der Waals surface area (Å²) in [6, 6.07) is 7.81. The van der Waals surface area contributed by atoms with E-state index < -0.39 is 0 Å². The Balaban J connectivity index is 2.28. The van der Waals surface area contributed by atoms with Gasteiger partial charge in [0.1, 0.15) is 5.76 Å². The third-order valence-electron chi connectivity index (χ3n) is 2.78. The predicted molar refractivity (Wildman–Crippen MR) is 65.4 cm³/mol. The molecule has 1 aromatic carbocycles. The molecule has 0 unspecified atom stereocenters. The van der Waals surface area contributed by atoms with Crippen LogP contribution >= 0.6 is 0 Å². The fourth-order valence-electron chi connectivity index (χ4n) is 1.97. The highest BCUT2D eigenvalue weighted by Crippen LogP contribution is 2.29.